The number of benzene rings is 1. The van der Waals surface area contributed by atoms with E-state index in [2.05, 4.69) is 40.6 Å². The van der Waals surface area contributed by atoms with Crippen molar-refractivity contribution in [3.8, 4) is 6.07 Å². The van der Waals surface area contributed by atoms with E-state index in [9.17, 15) is 9.59 Å². The van der Waals surface area contributed by atoms with E-state index in [4.69, 9.17) is 10.00 Å². The third-order valence-corrected chi connectivity index (χ3v) is 5.90. The van der Waals surface area contributed by atoms with Crippen molar-refractivity contribution >= 4 is 22.8 Å². The molecule has 0 spiro atoms. The quantitative estimate of drug-likeness (QED) is 0.571. The van der Waals surface area contributed by atoms with Crippen LogP contribution in [0.25, 0.3) is 10.9 Å². The second-order valence-corrected chi connectivity index (χ2v) is 8.15. The Hall–Kier alpha value is -2.85. The number of nitriles is 1. The molecule has 1 aromatic heterocycles. The lowest BCUT2D eigenvalue weighted by Gasteiger charge is -2.27. The maximum atomic E-state index is 12.9. The van der Waals surface area contributed by atoms with Crippen LogP contribution >= 0.6 is 0 Å². The first-order valence-corrected chi connectivity index (χ1v) is 11.2. The van der Waals surface area contributed by atoms with Crippen LogP contribution in [-0.4, -0.2) is 53.5 Å². The fraction of sp³-hybridized carbons (Fsp3) is 0.542. The van der Waals surface area contributed by atoms with Crippen molar-refractivity contribution in [3.05, 3.63) is 35.5 Å². The fourth-order valence-electron chi connectivity index (χ4n) is 4.26. The summed E-state index contributed by atoms with van der Waals surface area (Å²) in [4.78, 5) is 29.9. The van der Waals surface area contributed by atoms with E-state index in [1.165, 1.54) is 16.6 Å². The Morgan fingerprint density at radius 3 is 2.97 bits per heavy atom. The summed E-state index contributed by atoms with van der Waals surface area (Å²) in [6.07, 6.45) is 5.09. The number of carbonyl (C=O) groups is 2. The highest BCUT2D eigenvalue weighted by Crippen LogP contribution is 2.24. The smallest absolute Gasteiger partial charge is 0.319 e. The lowest BCUT2D eigenvalue weighted by molar-refractivity contribution is -0.142. The lowest BCUT2D eigenvalue weighted by Crippen LogP contribution is -2.48. The van der Waals surface area contributed by atoms with Crippen molar-refractivity contribution in [1.82, 2.24) is 15.2 Å². The average Bonchev–Trinajstić information content (AvgIpc) is 3.40. The van der Waals surface area contributed by atoms with E-state index in [1.54, 1.807) is 13.8 Å². The molecule has 0 bridgehead atoms. The molecular formula is C24H32N4O3. The Bertz CT molecular complexity index is 946. The number of carbonyl (C=O) groups excluding carboxylic acids is 2. The van der Waals surface area contributed by atoms with Crippen molar-refractivity contribution in [2.24, 2.45) is 0 Å². The summed E-state index contributed by atoms with van der Waals surface area (Å²) in [5, 5.41) is 12.9. The monoisotopic (exact) mass is 424 g/mol. The number of amides is 1. The maximum absolute atomic E-state index is 12.9. The molecule has 2 atom stereocenters. The molecule has 2 heterocycles. The van der Waals surface area contributed by atoms with Gasteiger partial charge in [0.05, 0.1) is 25.3 Å². The van der Waals surface area contributed by atoms with Crippen LogP contribution in [-0.2, 0) is 27.2 Å². The summed E-state index contributed by atoms with van der Waals surface area (Å²) >= 11 is 0. The Morgan fingerprint density at radius 1 is 1.35 bits per heavy atom. The van der Waals surface area contributed by atoms with E-state index >= 15 is 0 Å². The second kappa shape index (κ2) is 11.0. The predicted molar refractivity (Wildman–Crippen MR) is 119 cm³/mol. The number of ether oxygens (including phenoxy) is 1. The van der Waals surface area contributed by atoms with E-state index in [1.807, 2.05) is 4.90 Å². The molecule has 31 heavy (non-hydrogen) atoms. The Labute approximate surface area is 183 Å². The molecule has 1 fully saturated rings. The number of hydrogen-bond donors (Lipinski definition) is 2. The molecule has 7 nitrogen and oxygen atoms in total. The number of H-pyrrole nitrogens is 1. The van der Waals surface area contributed by atoms with Gasteiger partial charge in [-0.2, -0.15) is 5.26 Å². The van der Waals surface area contributed by atoms with E-state index in [0.717, 1.165) is 44.2 Å². The zero-order chi connectivity index (χ0) is 22.2. The van der Waals surface area contributed by atoms with Crippen LogP contribution < -0.4 is 5.32 Å². The number of fused-ring (bicyclic) bond motifs is 1. The highest BCUT2D eigenvalue weighted by Gasteiger charge is 2.31. The molecule has 0 aliphatic carbocycles. The van der Waals surface area contributed by atoms with E-state index < -0.39 is 6.04 Å². The molecule has 1 aliphatic heterocycles. The highest BCUT2D eigenvalue weighted by atomic mass is 16.5. The first-order chi connectivity index (χ1) is 15.0. The summed E-state index contributed by atoms with van der Waals surface area (Å²) < 4.78 is 4.91. The first kappa shape index (κ1) is 22.8. The number of aromatic nitrogens is 1. The van der Waals surface area contributed by atoms with Crippen LogP contribution in [0.2, 0.25) is 0 Å². The Balaban J connectivity index is 1.55. The van der Waals surface area contributed by atoms with E-state index in [0.29, 0.717) is 13.0 Å². The first-order valence-electron chi connectivity index (χ1n) is 11.2. The van der Waals surface area contributed by atoms with Gasteiger partial charge in [0, 0.05) is 30.2 Å². The minimum absolute atomic E-state index is 0.0463. The van der Waals surface area contributed by atoms with Gasteiger partial charge in [-0.05, 0) is 69.0 Å². The van der Waals surface area contributed by atoms with Gasteiger partial charge in [0.15, 0.2) is 0 Å². The van der Waals surface area contributed by atoms with Gasteiger partial charge in [-0.15, -0.1) is 0 Å². The molecule has 1 saturated heterocycles. The number of aryl methyl sites for hydroxylation is 2. The molecule has 7 heteroatoms. The Kier molecular flexibility index (Phi) is 8.07. The van der Waals surface area contributed by atoms with Gasteiger partial charge in [-0.1, -0.05) is 12.1 Å². The summed E-state index contributed by atoms with van der Waals surface area (Å²) in [7, 11) is 0. The third-order valence-electron chi connectivity index (χ3n) is 5.90. The van der Waals surface area contributed by atoms with Crippen LogP contribution in [0.3, 0.4) is 0 Å². The number of rotatable bonds is 10. The zero-order valence-corrected chi connectivity index (χ0v) is 18.4. The van der Waals surface area contributed by atoms with Crippen molar-refractivity contribution in [2.75, 3.05) is 19.7 Å². The lowest BCUT2D eigenvalue weighted by atomic mass is 10.1. The molecular weight excluding hydrogens is 392 g/mol. The molecule has 1 aromatic carbocycles. The second-order valence-electron chi connectivity index (χ2n) is 8.15. The van der Waals surface area contributed by atoms with Crippen molar-refractivity contribution in [2.45, 2.75) is 64.5 Å². The minimum Gasteiger partial charge on any atom is -0.465 e. The number of nitrogens with zero attached hydrogens (tertiary/aromatic N) is 2. The van der Waals surface area contributed by atoms with Crippen LogP contribution in [0.5, 0.6) is 0 Å². The molecule has 166 valence electrons. The van der Waals surface area contributed by atoms with Gasteiger partial charge in [0.1, 0.15) is 0 Å². The molecule has 1 aliphatic rings. The highest BCUT2D eigenvalue weighted by molar-refractivity contribution is 5.83. The topological polar surface area (TPSA) is 98.2 Å². The van der Waals surface area contributed by atoms with Gasteiger partial charge in [-0.3, -0.25) is 14.9 Å². The number of likely N-dealkylation sites (tertiary alicyclic amines) is 1. The van der Waals surface area contributed by atoms with Gasteiger partial charge in [-0.25, -0.2) is 0 Å². The summed E-state index contributed by atoms with van der Waals surface area (Å²) in [6, 6.07) is 10.5. The van der Waals surface area contributed by atoms with Gasteiger partial charge < -0.3 is 14.6 Å². The largest absolute Gasteiger partial charge is 0.465 e. The number of hydrogen-bond acceptors (Lipinski definition) is 5. The molecule has 2 N–H and O–H groups in total. The zero-order valence-electron chi connectivity index (χ0n) is 18.4. The summed E-state index contributed by atoms with van der Waals surface area (Å²) in [6.45, 7) is 4.72. The van der Waals surface area contributed by atoms with Crippen molar-refractivity contribution in [1.29, 1.82) is 5.26 Å². The summed E-state index contributed by atoms with van der Waals surface area (Å²) in [5.74, 6) is -0.291. The Morgan fingerprint density at radius 2 is 2.19 bits per heavy atom. The number of nitrogens with one attached hydrogen (secondary N) is 2. The minimum atomic E-state index is -0.412. The molecule has 0 radical (unpaired) electrons. The molecule has 1 amide bonds. The molecule has 3 rings (SSSR count). The van der Waals surface area contributed by atoms with Crippen molar-refractivity contribution in [3.63, 3.8) is 0 Å². The van der Waals surface area contributed by atoms with Gasteiger partial charge in [0.2, 0.25) is 5.91 Å². The fourth-order valence-corrected chi connectivity index (χ4v) is 4.26. The standard InChI is InChI=1S/C24H32N4O3/c1-3-31-23(29)16-26-17(2)24(30)28-13-5-7-21(28)11-10-20-15-19-9-8-18(6-4-12-25)14-22(19)27-20/h8-9,14-15,17,21,26-27H,3-7,10-11,13,16H2,1-2H3/t17-,21+/m1/s1. The van der Waals surface area contributed by atoms with Crippen molar-refractivity contribution < 1.29 is 14.3 Å². The van der Waals surface area contributed by atoms with Gasteiger partial charge >= 0.3 is 5.97 Å². The predicted octanol–water partition coefficient (Wildman–Crippen LogP) is 3.09. The SMILES string of the molecule is CCOC(=O)CN[C@H](C)C(=O)N1CCC[C@H]1CCc1cc2ccc(CCC#N)cc2[nH]1. The molecule has 0 unspecified atom stereocenters. The van der Waals surface area contributed by atoms with Crippen LogP contribution in [0.4, 0.5) is 0 Å². The number of esters is 1. The normalized spacial score (nSPS) is 16.9. The summed E-state index contributed by atoms with van der Waals surface area (Å²) in [5.41, 5.74) is 3.43. The van der Waals surface area contributed by atoms with E-state index in [-0.39, 0.29) is 24.5 Å². The van der Waals surface area contributed by atoms with Crippen LogP contribution in [0, 0.1) is 11.3 Å². The third kappa shape index (κ3) is 6.08. The molecule has 2 aromatic rings. The molecule has 0 saturated carbocycles. The van der Waals surface area contributed by atoms with Crippen LogP contribution in [0.15, 0.2) is 24.3 Å². The number of aromatic amines is 1. The maximum Gasteiger partial charge on any atom is 0.319 e. The van der Waals surface area contributed by atoms with Gasteiger partial charge in [0.25, 0.3) is 0 Å². The average molecular weight is 425 g/mol. The van der Waals surface area contributed by atoms with Crippen LogP contribution in [0.1, 0.15) is 50.8 Å².